The van der Waals surface area contributed by atoms with Crippen LogP contribution in [0.2, 0.25) is 0 Å². The predicted octanol–water partition coefficient (Wildman–Crippen LogP) is 2.79. The Morgan fingerprint density at radius 3 is 2.48 bits per heavy atom. The van der Waals surface area contributed by atoms with E-state index in [2.05, 4.69) is 15.9 Å². The van der Waals surface area contributed by atoms with Gasteiger partial charge in [0.2, 0.25) is 0 Å². The van der Waals surface area contributed by atoms with Crippen molar-refractivity contribution in [2.24, 2.45) is 17.8 Å². The van der Waals surface area contributed by atoms with Gasteiger partial charge < -0.3 is 14.7 Å². The van der Waals surface area contributed by atoms with Crippen LogP contribution in [0.5, 0.6) is 5.75 Å². The molecule has 0 radical (unpaired) electrons. The molecule has 1 aromatic carbocycles. The smallest absolute Gasteiger partial charge is 0.308 e. The molecule has 5 nitrogen and oxygen atoms in total. The van der Waals surface area contributed by atoms with Gasteiger partial charge in [-0.1, -0.05) is 15.9 Å². The van der Waals surface area contributed by atoms with Gasteiger partial charge in [-0.25, -0.2) is 0 Å². The van der Waals surface area contributed by atoms with E-state index in [-0.39, 0.29) is 11.8 Å². The molecule has 0 bridgehead atoms. The standard InChI is InChI=1S/C17H20BrNO4/c1-10(23-13-6-4-12(18)5-7-13)16(20)19-8-14(11-2-3-11)15(9-19)17(21)22/h4-7,10-11,14-15H,2-3,8-9H2,1H3,(H,21,22)/t10?,14-,15+/m1/s1. The fraction of sp³-hybridized carbons (Fsp3) is 0.529. The Morgan fingerprint density at radius 2 is 1.91 bits per heavy atom. The number of amides is 1. The zero-order chi connectivity index (χ0) is 16.6. The maximum absolute atomic E-state index is 12.6. The molecule has 1 amide bonds. The summed E-state index contributed by atoms with van der Waals surface area (Å²) in [5.41, 5.74) is 0. The molecule has 23 heavy (non-hydrogen) atoms. The maximum atomic E-state index is 12.6. The van der Waals surface area contributed by atoms with E-state index in [1.54, 1.807) is 24.0 Å². The molecule has 1 saturated heterocycles. The van der Waals surface area contributed by atoms with Crippen LogP contribution in [-0.2, 0) is 9.59 Å². The van der Waals surface area contributed by atoms with Crippen LogP contribution in [0.15, 0.2) is 28.7 Å². The van der Waals surface area contributed by atoms with Crippen LogP contribution < -0.4 is 4.74 Å². The molecule has 1 heterocycles. The Bertz CT molecular complexity index is 599. The highest BCUT2D eigenvalue weighted by molar-refractivity contribution is 9.10. The van der Waals surface area contributed by atoms with Gasteiger partial charge in [0.15, 0.2) is 6.10 Å². The topological polar surface area (TPSA) is 66.8 Å². The molecule has 2 fully saturated rings. The van der Waals surface area contributed by atoms with E-state index in [0.29, 0.717) is 24.8 Å². The molecular weight excluding hydrogens is 362 g/mol. The van der Waals surface area contributed by atoms with Crippen molar-refractivity contribution >= 4 is 27.8 Å². The molecule has 1 aromatic rings. The van der Waals surface area contributed by atoms with Crippen molar-refractivity contribution in [2.45, 2.75) is 25.9 Å². The first-order chi connectivity index (χ1) is 11.0. The third-order valence-electron chi connectivity index (χ3n) is 4.70. The van der Waals surface area contributed by atoms with E-state index >= 15 is 0 Å². The number of hydrogen-bond acceptors (Lipinski definition) is 3. The van der Waals surface area contributed by atoms with Crippen molar-refractivity contribution in [3.05, 3.63) is 28.7 Å². The van der Waals surface area contributed by atoms with Gasteiger partial charge in [0.1, 0.15) is 5.75 Å². The number of halogens is 1. The average Bonchev–Trinajstić information content (AvgIpc) is 3.27. The Morgan fingerprint density at radius 1 is 1.26 bits per heavy atom. The second-order valence-corrected chi connectivity index (χ2v) is 7.32. The molecule has 1 aliphatic heterocycles. The van der Waals surface area contributed by atoms with Crippen LogP contribution in [0, 0.1) is 17.8 Å². The number of rotatable bonds is 5. The second-order valence-electron chi connectivity index (χ2n) is 6.40. The minimum Gasteiger partial charge on any atom is -0.481 e. The molecule has 1 saturated carbocycles. The second kappa shape index (κ2) is 6.51. The van der Waals surface area contributed by atoms with Crippen LogP contribution in [0.1, 0.15) is 19.8 Å². The average molecular weight is 382 g/mol. The summed E-state index contributed by atoms with van der Waals surface area (Å²) in [6, 6.07) is 7.30. The number of carboxylic acids is 1. The summed E-state index contributed by atoms with van der Waals surface area (Å²) in [6.45, 7) is 2.54. The van der Waals surface area contributed by atoms with Crippen molar-refractivity contribution in [1.82, 2.24) is 4.90 Å². The van der Waals surface area contributed by atoms with Crippen molar-refractivity contribution in [1.29, 1.82) is 0 Å². The molecule has 6 heteroatoms. The van der Waals surface area contributed by atoms with E-state index in [0.717, 1.165) is 17.3 Å². The summed E-state index contributed by atoms with van der Waals surface area (Å²) in [7, 11) is 0. The molecule has 0 aromatic heterocycles. The molecule has 1 unspecified atom stereocenters. The molecule has 2 aliphatic rings. The normalized spacial score (nSPS) is 25.2. The highest BCUT2D eigenvalue weighted by atomic mass is 79.9. The third-order valence-corrected chi connectivity index (χ3v) is 5.22. The molecule has 3 rings (SSSR count). The van der Waals surface area contributed by atoms with E-state index in [1.807, 2.05) is 12.1 Å². The van der Waals surface area contributed by atoms with Crippen molar-refractivity contribution in [3.63, 3.8) is 0 Å². The largest absolute Gasteiger partial charge is 0.481 e. The van der Waals surface area contributed by atoms with E-state index < -0.39 is 18.0 Å². The lowest BCUT2D eigenvalue weighted by molar-refractivity contribution is -0.143. The number of carboxylic acid groups (broad SMARTS) is 1. The lowest BCUT2D eigenvalue weighted by atomic mass is 9.92. The SMILES string of the molecule is CC(Oc1ccc(Br)cc1)C(=O)N1C[C@H](C(=O)O)[C@@H](C2CC2)C1. The number of hydrogen-bond donors (Lipinski definition) is 1. The van der Waals surface area contributed by atoms with Crippen LogP contribution in [0.25, 0.3) is 0 Å². The van der Waals surface area contributed by atoms with Crippen molar-refractivity contribution in [2.75, 3.05) is 13.1 Å². The van der Waals surface area contributed by atoms with Gasteiger partial charge in [0, 0.05) is 17.6 Å². The van der Waals surface area contributed by atoms with Crippen LogP contribution >= 0.6 is 15.9 Å². The van der Waals surface area contributed by atoms with Gasteiger partial charge >= 0.3 is 5.97 Å². The number of ether oxygens (including phenoxy) is 1. The van der Waals surface area contributed by atoms with Gasteiger partial charge in [-0.15, -0.1) is 0 Å². The van der Waals surface area contributed by atoms with E-state index in [4.69, 9.17) is 4.74 Å². The van der Waals surface area contributed by atoms with Crippen molar-refractivity contribution in [3.8, 4) is 5.75 Å². The molecule has 3 atom stereocenters. The van der Waals surface area contributed by atoms with Gasteiger partial charge in [-0.05, 0) is 55.9 Å². The highest BCUT2D eigenvalue weighted by Crippen LogP contribution is 2.44. The number of benzene rings is 1. The molecule has 124 valence electrons. The number of aliphatic carboxylic acids is 1. The van der Waals surface area contributed by atoms with Gasteiger partial charge in [-0.3, -0.25) is 9.59 Å². The summed E-state index contributed by atoms with van der Waals surface area (Å²) < 4.78 is 6.64. The zero-order valence-corrected chi connectivity index (χ0v) is 14.5. The summed E-state index contributed by atoms with van der Waals surface area (Å²) in [5, 5.41) is 9.39. The Kier molecular flexibility index (Phi) is 4.62. The minimum absolute atomic E-state index is 0.0938. The number of nitrogens with zero attached hydrogens (tertiary/aromatic N) is 1. The molecule has 1 N–H and O–H groups in total. The summed E-state index contributed by atoms with van der Waals surface area (Å²) in [5.74, 6) is -0.179. The number of carbonyl (C=O) groups is 2. The molecule has 1 aliphatic carbocycles. The monoisotopic (exact) mass is 381 g/mol. The van der Waals surface area contributed by atoms with E-state index in [9.17, 15) is 14.7 Å². The van der Waals surface area contributed by atoms with Gasteiger partial charge in [0.05, 0.1) is 5.92 Å². The van der Waals surface area contributed by atoms with Gasteiger partial charge in [0.25, 0.3) is 5.91 Å². The maximum Gasteiger partial charge on any atom is 0.308 e. The van der Waals surface area contributed by atoms with E-state index in [1.165, 1.54) is 0 Å². The minimum atomic E-state index is -0.793. The highest BCUT2D eigenvalue weighted by Gasteiger charge is 2.47. The fourth-order valence-corrected chi connectivity index (χ4v) is 3.56. The molecular formula is C17H20BrNO4. The third kappa shape index (κ3) is 3.68. The summed E-state index contributed by atoms with van der Waals surface area (Å²) in [4.78, 5) is 25.7. The first-order valence-corrected chi connectivity index (χ1v) is 8.69. The predicted molar refractivity (Wildman–Crippen MR) is 88.2 cm³/mol. The molecule has 0 spiro atoms. The Labute approximate surface area is 143 Å². The Balaban J connectivity index is 1.63. The number of likely N-dealkylation sites (tertiary alicyclic amines) is 1. The summed E-state index contributed by atoms with van der Waals surface area (Å²) >= 11 is 3.35. The van der Waals surface area contributed by atoms with Crippen LogP contribution in [-0.4, -0.2) is 41.1 Å². The Hall–Kier alpha value is -1.56. The van der Waals surface area contributed by atoms with Crippen LogP contribution in [0.4, 0.5) is 0 Å². The zero-order valence-electron chi connectivity index (χ0n) is 12.9. The van der Waals surface area contributed by atoms with Gasteiger partial charge in [-0.2, -0.15) is 0 Å². The fourth-order valence-electron chi connectivity index (χ4n) is 3.30. The van der Waals surface area contributed by atoms with Crippen LogP contribution in [0.3, 0.4) is 0 Å². The van der Waals surface area contributed by atoms with Crippen molar-refractivity contribution < 1.29 is 19.4 Å². The quantitative estimate of drug-likeness (QED) is 0.851. The summed E-state index contributed by atoms with van der Waals surface area (Å²) in [6.07, 6.45) is 1.55. The number of carbonyl (C=O) groups excluding carboxylic acids is 1. The lowest BCUT2D eigenvalue weighted by Gasteiger charge is -2.21. The first-order valence-electron chi connectivity index (χ1n) is 7.89. The first kappa shape index (κ1) is 16.3. The lowest BCUT2D eigenvalue weighted by Crippen LogP contribution is -2.39.